The third-order valence-corrected chi connectivity index (χ3v) is 5.93. The van der Waals surface area contributed by atoms with Crippen molar-refractivity contribution in [1.82, 2.24) is 8.96 Å². The van der Waals surface area contributed by atoms with Crippen molar-refractivity contribution in [2.24, 2.45) is 5.73 Å². The highest BCUT2D eigenvalue weighted by Gasteiger charge is 2.14. The summed E-state index contributed by atoms with van der Waals surface area (Å²) in [5.41, 5.74) is 11.0. The van der Waals surface area contributed by atoms with Crippen LogP contribution in [0.15, 0.2) is 66.9 Å². The highest BCUT2D eigenvalue weighted by molar-refractivity contribution is 7.82. The molecule has 34 heavy (non-hydrogen) atoms. The molecule has 1 unspecified atom stereocenters. The van der Waals surface area contributed by atoms with E-state index in [9.17, 15) is 9.00 Å². The number of aldehydes is 1. The average Bonchev–Trinajstić information content (AvgIpc) is 3.28. The number of hydrogen-bond acceptors (Lipinski definition) is 6. The Balaban J connectivity index is 0.00000103. The third kappa shape index (κ3) is 5.96. The summed E-state index contributed by atoms with van der Waals surface area (Å²) >= 11 is 0. The van der Waals surface area contributed by atoms with E-state index in [0.29, 0.717) is 23.6 Å². The summed E-state index contributed by atoms with van der Waals surface area (Å²) in [6.45, 7) is 0.669. The van der Waals surface area contributed by atoms with Crippen molar-refractivity contribution in [1.29, 1.82) is 0 Å². The molecule has 0 amide bonds. The van der Waals surface area contributed by atoms with Crippen molar-refractivity contribution in [2.75, 3.05) is 20.5 Å². The zero-order valence-electron chi connectivity index (χ0n) is 19.6. The van der Waals surface area contributed by atoms with Gasteiger partial charge < -0.3 is 20.0 Å². The topological polar surface area (TPSA) is 96.4 Å². The van der Waals surface area contributed by atoms with Gasteiger partial charge in [-0.15, -0.1) is 0 Å². The van der Waals surface area contributed by atoms with Gasteiger partial charge in [-0.25, -0.2) is 9.19 Å². The molecule has 178 valence electrons. The van der Waals surface area contributed by atoms with Crippen molar-refractivity contribution in [3.8, 4) is 16.9 Å². The molecule has 0 saturated heterocycles. The standard InChI is InChI=1S/C24H23N3O3S.C2H6O/c1-31(29)27-11-9-21-22(19-7-4-5-17(13-19)15-25)14-20(26-24(21)27)16-30-23-8-3-2-6-18(23)10-12-28;1-3-2/h2-9,11-14H,10,15-16,25H2,1H3;1-2H3. The number of methoxy groups -OCH3 is 1. The lowest BCUT2D eigenvalue weighted by atomic mass is 10.0. The minimum absolute atomic E-state index is 0.219. The van der Waals surface area contributed by atoms with Crippen LogP contribution in [-0.2, 0) is 40.1 Å². The predicted octanol–water partition coefficient (Wildman–Crippen LogP) is 3.89. The average molecular weight is 480 g/mol. The second-order valence-electron chi connectivity index (χ2n) is 7.54. The highest BCUT2D eigenvalue weighted by Crippen LogP contribution is 2.31. The fourth-order valence-corrected chi connectivity index (χ4v) is 4.19. The van der Waals surface area contributed by atoms with Gasteiger partial charge in [0.2, 0.25) is 0 Å². The number of para-hydroxylation sites is 1. The Morgan fingerprint density at radius 2 is 1.85 bits per heavy atom. The van der Waals surface area contributed by atoms with E-state index in [1.54, 1.807) is 30.6 Å². The molecular formula is C26H29N3O4S. The van der Waals surface area contributed by atoms with Gasteiger partial charge in [0.15, 0.2) is 5.65 Å². The van der Waals surface area contributed by atoms with E-state index in [0.717, 1.165) is 33.9 Å². The van der Waals surface area contributed by atoms with Gasteiger partial charge in [-0.2, -0.15) is 0 Å². The Morgan fingerprint density at radius 3 is 2.56 bits per heavy atom. The van der Waals surface area contributed by atoms with Gasteiger partial charge in [0.05, 0.1) is 5.69 Å². The number of rotatable bonds is 8. The van der Waals surface area contributed by atoms with Gasteiger partial charge in [-0.05, 0) is 41.0 Å². The third-order valence-electron chi connectivity index (χ3n) is 5.08. The van der Waals surface area contributed by atoms with E-state index in [1.165, 1.54) is 0 Å². The van der Waals surface area contributed by atoms with Crippen LogP contribution in [0.2, 0.25) is 0 Å². The van der Waals surface area contributed by atoms with Crippen LogP contribution in [0.5, 0.6) is 5.75 Å². The fraction of sp³-hybridized carbons (Fsp3) is 0.231. The van der Waals surface area contributed by atoms with Crippen molar-refractivity contribution >= 4 is 28.3 Å². The molecule has 7 nitrogen and oxygen atoms in total. The normalized spacial score (nSPS) is 11.5. The molecule has 0 fully saturated rings. The molecule has 4 aromatic rings. The molecule has 0 aliphatic heterocycles. The second-order valence-corrected chi connectivity index (χ2v) is 8.78. The van der Waals surface area contributed by atoms with Crippen LogP contribution in [0.3, 0.4) is 0 Å². The van der Waals surface area contributed by atoms with Crippen molar-refractivity contribution in [3.63, 3.8) is 0 Å². The minimum Gasteiger partial charge on any atom is -0.487 e. The van der Waals surface area contributed by atoms with E-state index in [1.807, 2.05) is 54.6 Å². The van der Waals surface area contributed by atoms with Crippen LogP contribution in [0.1, 0.15) is 16.8 Å². The van der Waals surface area contributed by atoms with Gasteiger partial charge in [-0.3, -0.25) is 3.97 Å². The van der Waals surface area contributed by atoms with Crippen LogP contribution in [-0.4, -0.2) is 39.9 Å². The Kier molecular flexibility index (Phi) is 9.09. The predicted molar refractivity (Wildman–Crippen MR) is 136 cm³/mol. The van der Waals surface area contributed by atoms with Crippen LogP contribution in [0.25, 0.3) is 22.2 Å². The molecule has 0 saturated carbocycles. The Bertz CT molecular complexity index is 1290. The van der Waals surface area contributed by atoms with Crippen molar-refractivity contribution in [3.05, 3.63) is 83.7 Å². The molecule has 0 aliphatic rings. The van der Waals surface area contributed by atoms with Crippen LogP contribution < -0.4 is 10.5 Å². The first kappa shape index (κ1) is 25.3. The number of carbonyl (C=O) groups excluding carboxylic acids is 1. The van der Waals surface area contributed by atoms with Crippen molar-refractivity contribution in [2.45, 2.75) is 19.6 Å². The number of nitrogens with two attached hydrogens (primary N) is 1. The monoisotopic (exact) mass is 479 g/mol. The summed E-state index contributed by atoms with van der Waals surface area (Å²) in [5, 5.41) is 0.912. The van der Waals surface area contributed by atoms with Gasteiger partial charge in [0.1, 0.15) is 29.6 Å². The van der Waals surface area contributed by atoms with Gasteiger partial charge in [0.25, 0.3) is 0 Å². The Morgan fingerprint density at radius 1 is 1.09 bits per heavy atom. The molecule has 2 heterocycles. The van der Waals surface area contributed by atoms with E-state index in [4.69, 9.17) is 15.5 Å². The second kappa shape index (κ2) is 12.2. The quantitative estimate of drug-likeness (QED) is 0.385. The van der Waals surface area contributed by atoms with E-state index >= 15 is 0 Å². The number of fused-ring (bicyclic) bond motifs is 1. The van der Waals surface area contributed by atoms with Crippen LogP contribution >= 0.6 is 0 Å². The number of hydrogen-bond donors (Lipinski definition) is 1. The number of nitrogens with zero attached hydrogens (tertiary/aromatic N) is 2. The minimum atomic E-state index is -1.24. The first-order valence-corrected chi connectivity index (χ1v) is 12.2. The zero-order chi connectivity index (χ0) is 24.5. The van der Waals surface area contributed by atoms with Crippen LogP contribution in [0.4, 0.5) is 0 Å². The molecule has 2 aromatic carbocycles. The lowest BCUT2D eigenvalue weighted by Crippen LogP contribution is -2.05. The van der Waals surface area contributed by atoms with E-state index in [-0.39, 0.29) is 13.0 Å². The Hall–Kier alpha value is -3.33. The van der Waals surface area contributed by atoms with E-state index < -0.39 is 11.0 Å². The molecule has 1 atom stereocenters. The maximum atomic E-state index is 12.2. The molecule has 4 rings (SSSR count). The zero-order valence-corrected chi connectivity index (χ0v) is 20.4. The number of ether oxygens (including phenoxy) is 2. The molecule has 2 aromatic heterocycles. The number of aromatic nitrogens is 2. The summed E-state index contributed by atoms with van der Waals surface area (Å²) in [6, 6.07) is 19.4. The first-order chi connectivity index (χ1) is 16.5. The highest BCUT2D eigenvalue weighted by atomic mass is 32.2. The summed E-state index contributed by atoms with van der Waals surface area (Å²) < 4.78 is 24.1. The molecule has 0 radical (unpaired) electrons. The first-order valence-electron chi connectivity index (χ1n) is 10.7. The van der Waals surface area contributed by atoms with E-state index in [2.05, 4.69) is 10.8 Å². The molecule has 0 bridgehead atoms. The van der Waals surface area contributed by atoms with Gasteiger partial charge in [-0.1, -0.05) is 36.4 Å². The summed E-state index contributed by atoms with van der Waals surface area (Å²) in [6.07, 6.45) is 4.55. The lowest BCUT2D eigenvalue weighted by Gasteiger charge is -2.12. The molecule has 0 aliphatic carbocycles. The molecule has 2 N–H and O–H groups in total. The number of pyridine rings is 1. The molecular weight excluding hydrogens is 450 g/mol. The van der Waals surface area contributed by atoms with Gasteiger partial charge in [0, 0.05) is 50.6 Å². The summed E-state index contributed by atoms with van der Waals surface area (Å²) in [5.74, 6) is 0.651. The SMILES string of the molecule is COC.CS(=O)n1ccc2c(-c3cccc(CN)c3)cc(COc3ccccc3CC=O)nc21. The number of carbonyl (C=O) groups is 1. The molecule has 0 spiro atoms. The van der Waals surface area contributed by atoms with Crippen LogP contribution in [0, 0.1) is 0 Å². The van der Waals surface area contributed by atoms with Gasteiger partial charge >= 0.3 is 0 Å². The smallest absolute Gasteiger partial charge is 0.152 e. The maximum Gasteiger partial charge on any atom is 0.152 e. The Labute approximate surface area is 202 Å². The largest absolute Gasteiger partial charge is 0.487 e. The fourth-order valence-electron chi connectivity index (χ4n) is 3.58. The molecule has 8 heteroatoms. The maximum absolute atomic E-state index is 12.2. The summed E-state index contributed by atoms with van der Waals surface area (Å²) in [7, 11) is 2.01. The summed E-state index contributed by atoms with van der Waals surface area (Å²) in [4.78, 5) is 15.7. The number of benzene rings is 2. The lowest BCUT2D eigenvalue weighted by molar-refractivity contribution is -0.107. The van der Waals surface area contributed by atoms with Crippen molar-refractivity contribution < 1.29 is 18.5 Å².